The zero-order valence-corrected chi connectivity index (χ0v) is 16.1. The van der Waals surface area contributed by atoms with Crippen molar-refractivity contribution in [3.05, 3.63) is 82.0 Å². The van der Waals surface area contributed by atoms with Gasteiger partial charge in [-0.05, 0) is 42.3 Å². The van der Waals surface area contributed by atoms with Gasteiger partial charge in [-0.15, -0.1) is 0 Å². The van der Waals surface area contributed by atoms with E-state index < -0.39 is 0 Å². The average Bonchev–Trinajstić information content (AvgIpc) is 3.01. The van der Waals surface area contributed by atoms with Crippen molar-refractivity contribution in [1.29, 1.82) is 0 Å². The number of rotatable bonds is 2. The molecule has 1 aromatic carbocycles. The summed E-state index contributed by atoms with van der Waals surface area (Å²) in [7, 11) is 2.12. The third-order valence-electron chi connectivity index (χ3n) is 5.67. The monoisotopic (exact) mass is 370 g/mol. The normalized spacial score (nSPS) is 13.6. The molecule has 0 saturated carbocycles. The summed E-state index contributed by atoms with van der Waals surface area (Å²) in [5.41, 5.74) is 7.51. The number of nitrogens with zero attached hydrogens (tertiary/aromatic N) is 3. The molecule has 1 aliphatic rings. The van der Waals surface area contributed by atoms with Crippen LogP contribution in [-0.2, 0) is 20.0 Å². The smallest absolute Gasteiger partial charge is 0.255 e. The van der Waals surface area contributed by atoms with Crippen molar-refractivity contribution in [2.45, 2.75) is 19.9 Å². The highest BCUT2D eigenvalue weighted by atomic mass is 16.1. The lowest BCUT2D eigenvalue weighted by molar-refractivity contribution is 0.622. The maximum absolute atomic E-state index is 12.8. The SMILES string of the molecule is Cc1ccc(-c2ccn(-c3ccc4c5c(n(C)c4c3)CCNC5)c(=O)c2)nc1. The molecule has 0 amide bonds. The van der Waals surface area contributed by atoms with Crippen LogP contribution in [0.4, 0.5) is 0 Å². The van der Waals surface area contributed by atoms with Gasteiger partial charge >= 0.3 is 0 Å². The van der Waals surface area contributed by atoms with Crippen molar-refractivity contribution in [2.24, 2.45) is 7.05 Å². The average molecular weight is 370 g/mol. The first-order chi connectivity index (χ1) is 13.6. The third kappa shape index (κ3) is 2.67. The van der Waals surface area contributed by atoms with Gasteiger partial charge in [-0.25, -0.2) is 0 Å². The van der Waals surface area contributed by atoms with Gasteiger partial charge in [0.25, 0.3) is 5.56 Å². The molecule has 1 N–H and O–H groups in total. The molecule has 5 rings (SSSR count). The first-order valence-electron chi connectivity index (χ1n) is 9.59. The summed E-state index contributed by atoms with van der Waals surface area (Å²) in [5, 5.41) is 4.72. The molecule has 0 aliphatic carbocycles. The Balaban J connectivity index is 1.59. The molecule has 28 heavy (non-hydrogen) atoms. The highest BCUT2D eigenvalue weighted by molar-refractivity contribution is 5.87. The van der Waals surface area contributed by atoms with Crippen LogP contribution in [0.3, 0.4) is 0 Å². The fourth-order valence-corrected chi connectivity index (χ4v) is 4.13. The molecule has 5 nitrogen and oxygen atoms in total. The highest BCUT2D eigenvalue weighted by Gasteiger charge is 2.18. The Bertz CT molecular complexity index is 1250. The van der Waals surface area contributed by atoms with E-state index in [0.717, 1.165) is 42.0 Å². The fourth-order valence-electron chi connectivity index (χ4n) is 4.13. The second-order valence-corrected chi connectivity index (χ2v) is 7.46. The van der Waals surface area contributed by atoms with Crippen LogP contribution in [0.15, 0.2) is 59.7 Å². The van der Waals surface area contributed by atoms with E-state index in [-0.39, 0.29) is 5.56 Å². The highest BCUT2D eigenvalue weighted by Crippen LogP contribution is 2.29. The zero-order valence-electron chi connectivity index (χ0n) is 16.1. The third-order valence-corrected chi connectivity index (χ3v) is 5.67. The number of nitrogens with one attached hydrogen (secondary N) is 1. The molecular formula is C23H22N4O. The summed E-state index contributed by atoms with van der Waals surface area (Å²) in [6.45, 7) is 3.92. The van der Waals surface area contributed by atoms with Crippen LogP contribution in [0.25, 0.3) is 27.8 Å². The first kappa shape index (κ1) is 17.0. The van der Waals surface area contributed by atoms with Crippen molar-refractivity contribution in [3.8, 4) is 16.9 Å². The van der Waals surface area contributed by atoms with E-state index in [4.69, 9.17) is 0 Å². The predicted molar refractivity (Wildman–Crippen MR) is 112 cm³/mol. The molecule has 0 atom stereocenters. The second kappa shape index (κ2) is 6.46. The summed E-state index contributed by atoms with van der Waals surface area (Å²) in [6.07, 6.45) is 4.69. The van der Waals surface area contributed by atoms with Gasteiger partial charge in [0.1, 0.15) is 0 Å². The topological polar surface area (TPSA) is 51.9 Å². The number of pyridine rings is 2. The van der Waals surface area contributed by atoms with Crippen molar-refractivity contribution in [3.63, 3.8) is 0 Å². The summed E-state index contributed by atoms with van der Waals surface area (Å²) in [5.74, 6) is 0. The molecule has 0 saturated heterocycles. The number of aromatic nitrogens is 3. The van der Waals surface area contributed by atoms with E-state index in [0.29, 0.717) is 0 Å². The molecule has 0 fully saturated rings. The second-order valence-electron chi connectivity index (χ2n) is 7.46. The Morgan fingerprint density at radius 3 is 2.79 bits per heavy atom. The molecule has 0 bridgehead atoms. The lowest BCUT2D eigenvalue weighted by Crippen LogP contribution is -2.24. The van der Waals surface area contributed by atoms with Crippen LogP contribution in [-0.4, -0.2) is 20.7 Å². The van der Waals surface area contributed by atoms with Crippen LogP contribution >= 0.6 is 0 Å². The van der Waals surface area contributed by atoms with Crippen molar-refractivity contribution in [2.75, 3.05) is 6.54 Å². The predicted octanol–water partition coefficient (Wildman–Crippen LogP) is 3.35. The molecule has 0 radical (unpaired) electrons. The van der Waals surface area contributed by atoms with Gasteiger partial charge < -0.3 is 9.88 Å². The van der Waals surface area contributed by atoms with Crippen LogP contribution in [0.5, 0.6) is 0 Å². The molecule has 0 unspecified atom stereocenters. The van der Waals surface area contributed by atoms with Gasteiger partial charge in [0.2, 0.25) is 0 Å². The Kier molecular flexibility index (Phi) is 3.91. The molecule has 5 heteroatoms. The van der Waals surface area contributed by atoms with Gasteiger partial charge in [0.05, 0.1) is 16.9 Å². The molecule has 1 aliphatic heterocycles. The zero-order chi connectivity index (χ0) is 19.3. The minimum atomic E-state index is -0.0557. The number of aryl methyl sites for hydroxylation is 2. The van der Waals surface area contributed by atoms with Gasteiger partial charge in [0.15, 0.2) is 0 Å². The van der Waals surface area contributed by atoms with E-state index in [1.165, 1.54) is 22.2 Å². The molecule has 140 valence electrons. The van der Waals surface area contributed by atoms with Crippen molar-refractivity contribution >= 4 is 10.9 Å². The molecular weight excluding hydrogens is 348 g/mol. The lowest BCUT2D eigenvalue weighted by Gasteiger charge is -2.14. The van der Waals surface area contributed by atoms with Crippen LogP contribution in [0.1, 0.15) is 16.8 Å². The quantitative estimate of drug-likeness (QED) is 0.589. The number of fused-ring (bicyclic) bond motifs is 3. The summed E-state index contributed by atoms with van der Waals surface area (Å²) in [4.78, 5) is 17.2. The minimum Gasteiger partial charge on any atom is -0.347 e. The van der Waals surface area contributed by atoms with Crippen LogP contribution in [0.2, 0.25) is 0 Å². The first-order valence-corrected chi connectivity index (χ1v) is 9.59. The van der Waals surface area contributed by atoms with E-state index in [2.05, 4.69) is 34.0 Å². The lowest BCUT2D eigenvalue weighted by atomic mass is 10.1. The number of benzene rings is 1. The maximum Gasteiger partial charge on any atom is 0.255 e. The van der Waals surface area contributed by atoms with E-state index in [1.807, 2.05) is 43.6 Å². The Hall–Kier alpha value is -3.18. The Labute approximate surface area is 163 Å². The van der Waals surface area contributed by atoms with Gasteiger partial charge in [-0.2, -0.15) is 0 Å². The summed E-state index contributed by atoms with van der Waals surface area (Å²) < 4.78 is 3.96. The van der Waals surface area contributed by atoms with Crippen LogP contribution in [0, 0.1) is 6.92 Å². The Morgan fingerprint density at radius 1 is 1.11 bits per heavy atom. The molecule has 3 aromatic heterocycles. The molecule has 0 spiro atoms. The summed E-state index contributed by atoms with van der Waals surface area (Å²) >= 11 is 0. The largest absolute Gasteiger partial charge is 0.347 e. The van der Waals surface area contributed by atoms with E-state index in [1.54, 1.807) is 10.6 Å². The minimum absolute atomic E-state index is 0.0557. The Morgan fingerprint density at radius 2 is 2.00 bits per heavy atom. The molecule has 4 heterocycles. The maximum atomic E-state index is 12.8. The van der Waals surface area contributed by atoms with E-state index >= 15 is 0 Å². The standard InChI is InChI=1S/C23H22N4O/c1-15-3-6-20(25-13-15)16-8-10-27(23(28)11-16)17-4-5-18-19-14-24-9-7-21(19)26(2)22(18)12-17/h3-6,8,10-13,24H,7,9,14H2,1-2H3. The molecule has 4 aromatic rings. The summed E-state index contributed by atoms with van der Waals surface area (Å²) in [6, 6.07) is 13.8. The van der Waals surface area contributed by atoms with Gasteiger partial charge in [0, 0.05) is 61.7 Å². The van der Waals surface area contributed by atoms with Gasteiger partial charge in [-0.1, -0.05) is 12.1 Å². The van der Waals surface area contributed by atoms with Crippen molar-refractivity contribution < 1.29 is 0 Å². The van der Waals surface area contributed by atoms with E-state index in [9.17, 15) is 4.79 Å². The number of hydrogen-bond donors (Lipinski definition) is 1. The fraction of sp³-hybridized carbons (Fsp3) is 0.217. The van der Waals surface area contributed by atoms with Crippen LogP contribution < -0.4 is 10.9 Å². The van der Waals surface area contributed by atoms with Crippen molar-refractivity contribution in [1.82, 2.24) is 19.4 Å². The number of hydrogen-bond acceptors (Lipinski definition) is 3. The van der Waals surface area contributed by atoms with Gasteiger partial charge in [-0.3, -0.25) is 14.3 Å².